The first-order valence-electron chi connectivity index (χ1n) is 7.85. The molecule has 1 aromatic heterocycles. The van der Waals surface area contributed by atoms with E-state index in [-0.39, 0.29) is 12.0 Å². The van der Waals surface area contributed by atoms with Crippen molar-refractivity contribution < 1.29 is 9.90 Å². The number of amides is 1. The van der Waals surface area contributed by atoms with Crippen LogP contribution in [-0.2, 0) is 11.3 Å². The number of hydrogen-bond donors (Lipinski definition) is 1. The fourth-order valence-electron chi connectivity index (χ4n) is 2.88. The summed E-state index contributed by atoms with van der Waals surface area (Å²) in [6.45, 7) is 8.53. The first-order chi connectivity index (χ1) is 10.5. The van der Waals surface area contributed by atoms with Crippen LogP contribution < -0.4 is 0 Å². The van der Waals surface area contributed by atoms with Crippen molar-refractivity contribution >= 4 is 17.2 Å². The molecule has 1 saturated heterocycles. The van der Waals surface area contributed by atoms with E-state index in [2.05, 4.69) is 28.2 Å². The second kappa shape index (κ2) is 8.06. The molecule has 6 heteroatoms. The van der Waals surface area contributed by atoms with Crippen LogP contribution in [0.4, 0.5) is 0 Å². The molecule has 124 valence electrons. The van der Waals surface area contributed by atoms with Gasteiger partial charge in [0, 0.05) is 45.8 Å². The summed E-state index contributed by atoms with van der Waals surface area (Å²) in [6, 6.07) is 2.43. The minimum Gasteiger partial charge on any atom is -0.392 e. The van der Waals surface area contributed by atoms with E-state index in [1.807, 2.05) is 19.4 Å². The standard InChI is InChI=1S/C16H27N3O2S/c1-13-8-18(5-6-19(13)9-14(2)20)11-16(21)17(3)10-15-4-7-22-12-15/h4,7,12-14,20H,5-6,8-11H2,1-3H3/t13-,14+/m1/s1. The summed E-state index contributed by atoms with van der Waals surface area (Å²) >= 11 is 1.66. The fraction of sp³-hybridized carbons (Fsp3) is 0.688. The molecule has 0 radical (unpaired) electrons. The van der Waals surface area contributed by atoms with Crippen LogP contribution >= 0.6 is 11.3 Å². The second-order valence-corrected chi connectivity index (χ2v) is 7.09. The second-order valence-electron chi connectivity index (χ2n) is 6.31. The van der Waals surface area contributed by atoms with Crippen molar-refractivity contribution in [1.82, 2.24) is 14.7 Å². The predicted octanol–water partition coefficient (Wildman–Crippen LogP) is 1.09. The Hall–Kier alpha value is -0.950. The highest BCUT2D eigenvalue weighted by atomic mass is 32.1. The zero-order valence-corrected chi connectivity index (χ0v) is 14.6. The molecule has 2 heterocycles. The smallest absolute Gasteiger partial charge is 0.236 e. The first-order valence-corrected chi connectivity index (χ1v) is 8.79. The van der Waals surface area contributed by atoms with Crippen molar-refractivity contribution in [3.8, 4) is 0 Å². The zero-order valence-electron chi connectivity index (χ0n) is 13.7. The minimum absolute atomic E-state index is 0.169. The Morgan fingerprint density at radius 2 is 2.32 bits per heavy atom. The molecule has 22 heavy (non-hydrogen) atoms. The van der Waals surface area contributed by atoms with Gasteiger partial charge < -0.3 is 10.0 Å². The molecule has 1 N–H and O–H groups in total. The lowest BCUT2D eigenvalue weighted by Gasteiger charge is -2.40. The van der Waals surface area contributed by atoms with Gasteiger partial charge in [-0.25, -0.2) is 0 Å². The SMILES string of the molecule is C[C@H](O)CN1CCN(CC(=O)N(C)Cc2ccsc2)C[C@H]1C. The van der Waals surface area contributed by atoms with Gasteiger partial charge in [-0.1, -0.05) is 0 Å². The first kappa shape index (κ1) is 17.4. The van der Waals surface area contributed by atoms with Crippen LogP contribution in [-0.4, -0.2) is 77.6 Å². The van der Waals surface area contributed by atoms with Gasteiger partial charge in [0.05, 0.1) is 12.6 Å². The minimum atomic E-state index is -0.299. The molecular weight excluding hydrogens is 298 g/mol. The lowest BCUT2D eigenvalue weighted by molar-refractivity contribution is -0.132. The van der Waals surface area contributed by atoms with Gasteiger partial charge in [0.1, 0.15) is 0 Å². The molecule has 1 amide bonds. The van der Waals surface area contributed by atoms with Crippen LogP contribution in [0.2, 0.25) is 0 Å². The van der Waals surface area contributed by atoms with Crippen molar-refractivity contribution in [1.29, 1.82) is 0 Å². The number of β-amino-alcohol motifs (C(OH)–C–C–N with tert-alkyl or cyclic N) is 1. The highest BCUT2D eigenvalue weighted by Gasteiger charge is 2.26. The maximum absolute atomic E-state index is 12.3. The van der Waals surface area contributed by atoms with E-state index in [0.717, 1.165) is 19.6 Å². The van der Waals surface area contributed by atoms with Gasteiger partial charge in [0.25, 0.3) is 0 Å². The molecule has 1 aliphatic rings. The van der Waals surface area contributed by atoms with Crippen molar-refractivity contribution in [3.63, 3.8) is 0 Å². The van der Waals surface area contributed by atoms with Crippen LogP contribution in [0.15, 0.2) is 16.8 Å². The largest absolute Gasteiger partial charge is 0.392 e. The lowest BCUT2D eigenvalue weighted by atomic mass is 10.1. The van der Waals surface area contributed by atoms with Crippen LogP contribution in [0.1, 0.15) is 19.4 Å². The van der Waals surface area contributed by atoms with Gasteiger partial charge in [-0.3, -0.25) is 14.6 Å². The molecule has 1 aliphatic heterocycles. The molecule has 0 spiro atoms. The average Bonchev–Trinajstić information content (AvgIpc) is 2.94. The maximum Gasteiger partial charge on any atom is 0.236 e. The Bertz CT molecular complexity index is 464. The molecule has 1 fully saturated rings. The molecule has 0 unspecified atom stereocenters. The van der Waals surface area contributed by atoms with Crippen molar-refractivity contribution in [2.24, 2.45) is 0 Å². The molecule has 1 aromatic rings. The van der Waals surface area contributed by atoms with E-state index >= 15 is 0 Å². The Kier molecular flexibility index (Phi) is 6.37. The monoisotopic (exact) mass is 325 g/mol. The third kappa shape index (κ3) is 5.05. The Labute approximate surface area is 137 Å². The third-order valence-corrected chi connectivity index (χ3v) is 4.86. The van der Waals surface area contributed by atoms with Gasteiger partial charge in [0.15, 0.2) is 0 Å². The normalized spacial score (nSPS) is 21.7. The van der Waals surface area contributed by atoms with Gasteiger partial charge in [0.2, 0.25) is 5.91 Å². The Morgan fingerprint density at radius 1 is 1.55 bits per heavy atom. The van der Waals surface area contributed by atoms with Crippen molar-refractivity contribution in [2.75, 3.05) is 39.8 Å². The van der Waals surface area contributed by atoms with Crippen LogP contribution in [0.5, 0.6) is 0 Å². The van der Waals surface area contributed by atoms with Gasteiger partial charge in [-0.05, 0) is 36.2 Å². The van der Waals surface area contributed by atoms with E-state index in [1.165, 1.54) is 5.56 Å². The summed E-state index contributed by atoms with van der Waals surface area (Å²) in [7, 11) is 1.87. The zero-order chi connectivity index (χ0) is 16.1. The summed E-state index contributed by atoms with van der Waals surface area (Å²) in [4.78, 5) is 18.6. The van der Waals surface area contributed by atoms with Crippen molar-refractivity contribution in [3.05, 3.63) is 22.4 Å². The number of carbonyl (C=O) groups is 1. The highest BCUT2D eigenvalue weighted by Crippen LogP contribution is 2.12. The third-order valence-electron chi connectivity index (χ3n) is 4.13. The number of aliphatic hydroxyl groups is 1. The molecule has 0 aliphatic carbocycles. The van der Waals surface area contributed by atoms with E-state index in [0.29, 0.717) is 25.7 Å². The molecule has 5 nitrogen and oxygen atoms in total. The maximum atomic E-state index is 12.3. The summed E-state index contributed by atoms with van der Waals surface area (Å²) in [5.74, 6) is 0.169. The number of piperazine rings is 1. The lowest BCUT2D eigenvalue weighted by Crippen LogP contribution is -2.55. The number of nitrogens with zero attached hydrogens (tertiary/aromatic N) is 3. The summed E-state index contributed by atoms with van der Waals surface area (Å²) in [6.07, 6.45) is -0.299. The molecule has 0 bridgehead atoms. The summed E-state index contributed by atoms with van der Waals surface area (Å²) in [5.41, 5.74) is 1.19. The molecule has 2 atom stereocenters. The Morgan fingerprint density at radius 3 is 2.91 bits per heavy atom. The fourth-order valence-corrected chi connectivity index (χ4v) is 3.54. The number of carbonyl (C=O) groups excluding carboxylic acids is 1. The van der Waals surface area contributed by atoms with Crippen LogP contribution in [0, 0.1) is 0 Å². The number of likely N-dealkylation sites (N-methyl/N-ethyl adjacent to an activating group) is 1. The average molecular weight is 325 g/mol. The van der Waals surface area contributed by atoms with E-state index in [9.17, 15) is 9.90 Å². The van der Waals surface area contributed by atoms with Crippen molar-refractivity contribution in [2.45, 2.75) is 32.5 Å². The van der Waals surface area contributed by atoms with Crippen LogP contribution in [0.25, 0.3) is 0 Å². The van der Waals surface area contributed by atoms with Gasteiger partial charge in [-0.2, -0.15) is 11.3 Å². The topological polar surface area (TPSA) is 47.0 Å². The van der Waals surface area contributed by atoms with Crippen LogP contribution in [0.3, 0.4) is 0 Å². The molecule has 0 saturated carbocycles. The molecule has 2 rings (SSSR count). The molecule has 0 aromatic carbocycles. The number of thiophene rings is 1. The van der Waals surface area contributed by atoms with E-state index < -0.39 is 0 Å². The molecular formula is C16H27N3O2S. The van der Waals surface area contributed by atoms with Gasteiger partial charge >= 0.3 is 0 Å². The number of hydrogen-bond acceptors (Lipinski definition) is 5. The highest BCUT2D eigenvalue weighted by molar-refractivity contribution is 7.07. The number of rotatable bonds is 6. The predicted molar refractivity (Wildman–Crippen MR) is 89.9 cm³/mol. The van der Waals surface area contributed by atoms with Gasteiger partial charge in [-0.15, -0.1) is 0 Å². The summed E-state index contributed by atoms with van der Waals surface area (Å²) in [5, 5.41) is 13.6. The van der Waals surface area contributed by atoms with E-state index in [1.54, 1.807) is 16.2 Å². The summed E-state index contributed by atoms with van der Waals surface area (Å²) < 4.78 is 0. The van der Waals surface area contributed by atoms with E-state index in [4.69, 9.17) is 0 Å². The number of aliphatic hydroxyl groups excluding tert-OH is 1. The Balaban J connectivity index is 1.78. The quantitative estimate of drug-likeness (QED) is 0.851.